The van der Waals surface area contributed by atoms with E-state index in [-0.39, 0.29) is 17.3 Å². The lowest BCUT2D eigenvalue weighted by atomic mass is 9.48. The number of H-pyrrole nitrogens is 1. The van der Waals surface area contributed by atoms with Crippen LogP contribution in [-0.4, -0.2) is 34.8 Å². The predicted molar refractivity (Wildman–Crippen MR) is 194 cm³/mol. The van der Waals surface area contributed by atoms with Crippen LogP contribution in [0.1, 0.15) is 94.4 Å². The van der Waals surface area contributed by atoms with Gasteiger partial charge in [-0.1, -0.05) is 58.4 Å². The van der Waals surface area contributed by atoms with E-state index in [1.807, 2.05) is 30.5 Å². The molecule has 7 heteroatoms. The Kier molecular flexibility index (Phi) is 8.80. The molecule has 5 aromatic rings. The smallest absolute Gasteiger partial charge is 0.303 e. The zero-order chi connectivity index (χ0) is 34.3. The van der Waals surface area contributed by atoms with Crippen molar-refractivity contribution in [3.05, 3.63) is 89.4 Å². The first-order valence-electron chi connectivity index (χ1n) is 17.8. The van der Waals surface area contributed by atoms with Crippen LogP contribution in [0.5, 0.6) is 11.5 Å². The Balaban J connectivity index is 1.26. The van der Waals surface area contributed by atoms with Crippen molar-refractivity contribution in [3.63, 3.8) is 0 Å². The fraction of sp³-hybridized carbons (Fsp3) is 0.429. The summed E-state index contributed by atoms with van der Waals surface area (Å²) in [6, 6.07) is 19.4. The molecule has 2 heterocycles. The number of fused-ring (bicyclic) bond motifs is 4. The molecule has 0 radical (unpaired) electrons. The minimum Gasteiger partial charge on any atom is -0.496 e. The maximum atomic E-state index is 10.9. The Morgan fingerprint density at radius 3 is 2.67 bits per heavy atom. The number of nitrogens with zero attached hydrogens (tertiary/aromatic N) is 1. The zero-order valence-electron chi connectivity index (χ0n) is 29.4. The van der Waals surface area contributed by atoms with Crippen molar-refractivity contribution < 1.29 is 23.8 Å². The summed E-state index contributed by atoms with van der Waals surface area (Å²) in [5.41, 5.74) is 11.1. The van der Waals surface area contributed by atoms with E-state index >= 15 is 0 Å². The van der Waals surface area contributed by atoms with Crippen molar-refractivity contribution in [1.29, 1.82) is 0 Å². The Labute approximate surface area is 289 Å². The largest absolute Gasteiger partial charge is 0.496 e. The molecule has 7 nitrogen and oxygen atoms in total. The number of ether oxygens (including phenoxy) is 2. The number of aromatic nitrogens is 2. The number of hydrogen-bond acceptors (Lipinski definition) is 5. The first-order chi connectivity index (χ1) is 23.6. The van der Waals surface area contributed by atoms with Gasteiger partial charge in [-0.05, 0) is 113 Å². The molecule has 0 aliphatic heterocycles. The van der Waals surface area contributed by atoms with E-state index < -0.39 is 5.97 Å². The van der Waals surface area contributed by atoms with Crippen LogP contribution in [0.3, 0.4) is 0 Å². The van der Waals surface area contributed by atoms with Gasteiger partial charge in [-0.25, -0.2) is 4.98 Å². The van der Waals surface area contributed by atoms with Gasteiger partial charge in [-0.2, -0.15) is 0 Å². The lowest BCUT2D eigenvalue weighted by Crippen LogP contribution is -2.50. The Morgan fingerprint density at radius 2 is 1.92 bits per heavy atom. The number of carboxylic acid groups (broad SMARTS) is 1. The van der Waals surface area contributed by atoms with Crippen LogP contribution >= 0.6 is 0 Å². The minimum atomic E-state index is -0.826. The number of carboxylic acids is 1. The standard InChI is InChI=1S/C42H48N2O5/c1-26(2)27-9-14-34-28(22-27)10-16-37-41(3,18-7-19-42(34,37)4)24-33-31(29-17-21-48-25-29)13-15-35-39(33)44-40(43-35)32-12-11-30(23-36(32)47-5)49-20-6-8-38(45)46/h9,11-15,17,21-23,25-26,37H,6-8,10,16,18-20,24H2,1-5H3,(H,43,44)(H,45,46)/t37-,41+,42+/m0/s1. The van der Waals surface area contributed by atoms with Crippen LogP contribution in [0.15, 0.2) is 71.5 Å². The maximum Gasteiger partial charge on any atom is 0.303 e. The highest BCUT2D eigenvalue weighted by Gasteiger charge is 2.52. The molecule has 2 aromatic heterocycles. The fourth-order valence-electron chi connectivity index (χ4n) is 9.12. The van der Waals surface area contributed by atoms with Gasteiger partial charge < -0.3 is 24.0 Å². The first kappa shape index (κ1) is 33.0. The lowest BCUT2D eigenvalue weighted by Gasteiger charge is -2.56. The second-order valence-electron chi connectivity index (χ2n) is 15.1. The van der Waals surface area contributed by atoms with Gasteiger partial charge >= 0.3 is 5.97 Å². The third-order valence-electron chi connectivity index (χ3n) is 11.6. The van der Waals surface area contributed by atoms with Crippen molar-refractivity contribution in [2.45, 2.75) is 90.4 Å². The molecule has 0 unspecified atom stereocenters. The molecule has 0 spiro atoms. The number of nitrogens with one attached hydrogen (secondary N) is 1. The molecule has 7 rings (SSSR count). The van der Waals surface area contributed by atoms with Crippen LogP contribution in [0.25, 0.3) is 33.5 Å². The monoisotopic (exact) mass is 660 g/mol. The summed E-state index contributed by atoms with van der Waals surface area (Å²) < 4.78 is 17.2. The van der Waals surface area contributed by atoms with Gasteiger partial charge in [-0.3, -0.25) is 4.79 Å². The fourth-order valence-corrected chi connectivity index (χ4v) is 9.12. The number of hydrogen-bond donors (Lipinski definition) is 2. The summed E-state index contributed by atoms with van der Waals surface area (Å²) in [4.78, 5) is 19.8. The van der Waals surface area contributed by atoms with Crippen LogP contribution in [-0.2, 0) is 23.1 Å². The Bertz CT molecular complexity index is 1970. The summed E-state index contributed by atoms with van der Waals surface area (Å²) in [7, 11) is 1.64. The molecule has 2 N–H and O–H groups in total. The second kappa shape index (κ2) is 13.1. The molecule has 0 bridgehead atoms. The zero-order valence-corrected chi connectivity index (χ0v) is 29.4. The average molecular weight is 661 g/mol. The second-order valence-corrected chi connectivity index (χ2v) is 15.1. The van der Waals surface area contributed by atoms with Gasteiger partial charge in [0.25, 0.3) is 0 Å². The Hall–Kier alpha value is -4.52. The van der Waals surface area contributed by atoms with E-state index in [4.69, 9.17) is 24.0 Å². The molecule has 1 saturated carbocycles. The number of aromatic amines is 1. The van der Waals surface area contributed by atoms with E-state index in [2.05, 4.69) is 63.0 Å². The maximum absolute atomic E-state index is 10.9. The van der Waals surface area contributed by atoms with Gasteiger partial charge in [0.05, 0.1) is 42.8 Å². The van der Waals surface area contributed by atoms with Crippen LogP contribution < -0.4 is 9.47 Å². The topological polar surface area (TPSA) is 97.6 Å². The quantitative estimate of drug-likeness (QED) is 0.137. The summed E-state index contributed by atoms with van der Waals surface area (Å²) >= 11 is 0. The van der Waals surface area contributed by atoms with E-state index in [0.29, 0.717) is 36.4 Å². The van der Waals surface area contributed by atoms with Crippen molar-refractivity contribution in [1.82, 2.24) is 9.97 Å². The molecule has 3 atom stereocenters. The van der Waals surface area contributed by atoms with Crippen molar-refractivity contribution in [2.24, 2.45) is 11.3 Å². The van der Waals surface area contributed by atoms with E-state index in [9.17, 15) is 4.79 Å². The average Bonchev–Trinajstić information content (AvgIpc) is 3.77. The molecular weight excluding hydrogens is 612 g/mol. The molecule has 0 saturated heterocycles. The van der Waals surface area contributed by atoms with Gasteiger partial charge in [-0.15, -0.1) is 0 Å². The number of carbonyl (C=O) groups is 1. The minimum absolute atomic E-state index is 0.0722. The predicted octanol–water partition coefficient (Wildman–Crippen LogP) is 10.1. The number of rotatable bonds is 11. The van der Waals surface area contributed by atoms with E-state index in [0.717, 1.165) is 40.8 Å². The molecule has 2 aliphatic carbocycles. The molecule has 0 amide bonds. The van der Waals surface area contributed by atoms with E-state index in [1.165, 1.54) is 42.4 Å². The number of benzene rings is 3. The number of aliphatic carboxylic acids is 1. The molecule has 256 valence electrons. The number of furan rings is 1. The Morgan fingerprint density at radius 1 is 1.08 bits per heavy atom. The lowest BCUT2D eigenvalue weighted by molar-refractivity contribution is -0.137. The number of aryl methyl sites for hydroxylation is 1. The van der Waals surface area contributed by atoms with E-state index in [1.54, 1.807) is 24.5 Å². The summed E-state index contributed by atoms with van der Waals surface area (Å²) in [6.45, 7) is 9.98. The third-order valence-corrected chi connectivity index (χ3v) is 11.6. The van der Waals surface area contributed by atoms with Gasteiger partial charge in [0, 0.05) is 18.1 Å². The molecule has 2 aliphatic rings. The highest BCUT2D eigenvalue weighted by Crippen LogP contribution is 2.59. The molecule has 3 aromatic carbocycles. The van der Waals surface area contributed by atoms with Crippen LogP contribution in [0.4, 0.5) is 0 Å². The summed E-state index contributed by atoms with van der Waals surface area (Å²) in [5.74, 6) is 2.28. The normalized spacial score (nSPS) is 21.8. The number of imidazole rings is 1. The summed E-state index contributed by atoms with van der Waals surface area (Å²) in [6.07, 6.45) is 11.0. The van der Waals surface area contributed by atoms with Gasteiger partial charge in [0.1, 0.15) is 17.3 Å². The molecular formula is C42H48N2O5. The van der Waals surface area contributed by atoms with Gasteiger partial charge in [0.2, 0.25) is 0 Å². The van der Waals surface area contributed by atoms with Crippen LogP contribution in [0, 0.1) is 11.3 Å². The highest BCUT2D eigenvalue weighted by atomic mass is 16.5. The molecule has 49 heavy (non-hydrogen) atoms. The highest BCUT2D eigenvalue weighted by molar-refractivity contribution is 5.89. The van der Waals surface area contributed by atoms with Crippen molar-refractivity contribution in [3.8, 4) is 34.0 Å². The SMILES string of the molecule is COc1cc(OCCCC(=O)O)ccc1-c1nc2c(C[C@@]3(C)CCC[C@]4(C)c5ccc(C(C)C)cc5CC[C@@H]34)c(-c3ccoc3)ccc2[nH]1. The number of methoxy groups -OCH3 is 1. The van der Waals surface area contributed by atoms with Crippen LogP contribution in [0.2, 0.25) is 0 Å². The van der Waals surface area contributed by atoms with Gasteiger partial charge in [0.15, 0.2) is 0 Å². The molecule has 1 fully saturated rings. The summed E-state index contributed by atoms with van der Waals surface area (Å²) in [5, 5.41) is 8.94. The third kappa shape index (κ3) is 6.13. The van der Waals surface area contributed by atoms with Crippen molar-refractivity contribution >= 4 is 17.0 Å². The van der Waals surface area contributed by atoms with Crippen molar-refractivity contribution in [2.75, 3.05) is 13.7 Å². The first-order valence-corrected chi connectivity index (χ1v) is 17.8.